The molecule has 0 amide bonds. The molecule has 142 valence electrons. The van der Waals surface area contributed by atoms with E-state index in [1.54, 1.807) is 0 Å². The molecule has 3 atom stereocenters. The molecule has 3 unspecified atom stereocenters. The van der Waals surface area contributed by atoms with Crippen LogP contribution in [0.5, 0.6) is 0 Å². The Hall–Kier alpha value is -1.56. The van der Waals surface area contributed by atoms with Crippen LogP contribution in [-0.2, 0) is 15.7 Å². The first kappa shape index (κ1) is 19.8. The number of aromatic nitrogens is 1. The zero-order valence-corrected chi connectivity index (χ0v) is 12.3. The van der Waals surface area contributed by atoms with E-state index in [1.165, 1.54) is 0 Å². The van der Waals surface area contributed by atoms with E-state index < -0.39 is 72.5 Å². The zero-order valence-electron chi connectivity index (χ0n) is 12.3. The first-order chi connectivity index (χ1) is 11.4. The van der Waals surface area contributed by atoms with Gasteiger partial charge >= 0.3 is 12.4 Å². The topological polar surface area (TPSA) is 31.4 Å². The summed E-state index contributed by atoms with van der Waals surface area (Å²) in [7, 11) is 0. The third-order valence-corrected chi connectivity index (χ3v) is 3.60. The van der Waals surface area contributed by atoms with E-state index in [4.69, 9.17) is 9.47 Å². The lowest BCUT2D eigenvalue weighted by molar-refractivity contribution is -0.225. The number of rotatable bonds is 1. The van der Waals surface area contributed by atoms with Crippen LogP contribution in [0.1, 0.15) is 24.3 Å². The van der Waals surface area contributed by atoms with Crippen molar-refractivity contribution in [2.45, 2.75) is 31.5 Å². The predicted octanol–water partition coefficient (Wildman–Crippen LogP) is 4.17. The number of alkyl halides is 6. The minimum atomic E-state index is -5.55. The minimum absolute atomic E-state index is 0.396. The predicted molar refractivity (Wildman–Crippen MR) is 62.8 cm³/mol. The fourth-order valence-corrected chi connectivity index (χ4v) is 2.53. The fourth-order valence-electron chi connectivity index (χ4n) is 2.53. The maximum Gasteiger partial charge on any atom is 0.436 e. The molecule has 0 N–H and O–H groups in total. The second kappa shape index (κ2) is 6.63. The molecule has 1 aromatic rings. The van der Waals surface area contributed by atoms with Gasteiger partial charge in [0.05, 0.1) is 24.9 Å². The zero-order chi connectivity index (χ0) is 19.2. The summed E-state index contributed by atoms with van der Waals surface area (Å²) in [6.07, 6.45) is -15.0. The van der Waals surface area contributed by atoms with Crippen molar-refractivity contribution in [1.29, 1.82) is 0 Å². The Morgan fingerprint density at radius 1 is 0.920 bits per heavy atom. The second-order valence-electron chi connectivity index (χ2n) is 5.23. The van der Waals surface area contributed by atoms with Crippen molar-refractivity contribution in [3.8, 4) is 0 Å². The summed E-state index contributed by atoms with van der Waals surface area (Å²) >= 11 is 0. The molecule has 1 aliphatic rings. The molecule has 1 aromatic heterocycles. The highest BCUT2D eigenvalue weighted by Crippen LogP contribution is 2.45. The lowest BCUT2D eigenvalue weighted by Crippen LogP contribution is -2.39. The smallest absolute Gasteiger partial charge is 0.375 e. The summed E-state index contributed by atoms with van der Waals surface area (Å²) in [5.41, 5.74) is -4.29. The normalized spacial score (nSPS) is 25.8. The molecule has 0 spiro atoms. The summed E-state index contributed by atoms with van der Waals surface area (Å²) in [5, 5.41) is 0. The van der Waals surface area contributed by atoms with E-state index in [2.05, 4.69) is 4.98 Å². The molecule has 25 heavy (non-hydrogen) atoms. The Morgan fingerprint density at radius 3 is 2.00 bits per heavy atom. The van der Waals surface area contributed by atoms with Crippen molar-refractivity contribution >= 4 is 0 Å². The second-order valence-corrected chi connectivity index (χ2v) is 5.23. The average molecular weight is 383 g/mol. The monoisotopic (exact) mass is 383 g/mol. The van der Waals surface area contributed by atoms with Crippen LogP contribution in [-0.4, -0.2) is 30.5 Å². The first-order valence-electron chi connectivity index (χ1n) is 6.77. The van der Waals surface area contributed by atoms with Crippen molar-refractivity contribution in [3.63, 3.8) is 0 Å². The quantitative estimate of drug-likeness (QED) is 0.539. The molecule has 0 saturated carbocycles. The van der Waals surface area contributed by atoms with Crippen LogP contribution in [0.25, 0.3) is 0 Å². The molecule has 1 fully saturated rings. The molecule has 1 saturated heterocycles. The lowest BCUT2D eigenvalue weighted by Gasteiger charge is -2.31. The molecular formula is C13H10F9NO2. The van der Waals surface area contributed by atoms with Gasteiger partial charge in [0.15, 0.2) is 17.3 Å². The number of hydrogen-bond acceptors (Lipinski definition) is 3. The number of halogens is 9. The molecule has 12 heteroatoms. The standard InChI is InChI=1S/C13H10F9NO2/c1-4-6(12(17,18)19)9(25-3-2-24-4)5-7(14)10(13(20,21)22)23-11(16)8(5)15/h4,6,9H,2-3H2,1H3. The van der Waals surface area contributed by atoms with Gasteiger partial charge in [-0.05, 0) is 6.92 Å². The molecule has 0 radical (unpaired) electrons. The molecule has 0 aromatic carbocycles. The van der Waals surface area contributed by atoms with Gasteiger partial charge in [-0.1, -0.05) is 0 Å². The molecule has 0 bridgehead atoms. The van der Waals surface area contributed by atoms with Crippen molar-refractivity contribution in [2.24, 2.45) is 5.92 Å². The molecule has 0 aliphatic carbocycles. The maximum absolute atomic E-state index is 14.1. The molecular weight excluding hydrogens is 373 g/mol. The SMILES string of the molecule is CC1OCCOC(c2c(F)c(F)nc(C(F)(F)F)c2F)C1C(F)(F)F. The Bertz CT molecular complexity index is 644. The van der Waals surface area contributed by atoms with Crippen molar-refractivity contribution in [3.05, 3.63) is 28.8 Å². The summed E-state index contributed by atoms with van der Waals surface area (Å²) in [5.74, 6) is -9.84. The van der Waals surface area contributed by atoms with Crippen molar-refractivity contribution in [2.75, 3.05) is 13.2 Å². The largest absolute Gasteiger partial charge is 0.436 e. The van der Waals surface area contributed by atoms with Crippen LogP contribution < -0.4 is 0 Å². The van der Waals surface area contributed by atoms with Gasteiger partial charge in [0, 0.05) is 0 Å². The number of hydrogen-bond donors (Lipinski definition) is 0. The Morgan fingerprint density at radius 2 is 1.48 bits per heavy atom. The number of pyridine rings is 1. The van der Waals surface area contributed by atoms with E-state index in [0.29, 0.717) is 0 Å². The van der Waals surface area contributed by atoms with Gasteiger partial charge in [-0.3, -0.25) is 0 Å². The fraction of sp³-hybridized carbons (Fsp3) is 0.615. The Balaban J connectivity index is 2.70. The third kappa shape index (κ3) is 3.84. The van der Waals surface area contributed by atoms with E-state index >= 15 is 0 Å². The highest BCUT2D eigenvalue weighted by atomic mass is 19.4. The Labute approximate surface area is 134 Å². The third-order valence-electron chi connectivity index (χ3n) is 3.60. The summed E-state index contributed by atoms with van der Waals surface area (Å²) in [6, 6.07) is 0. The van der Waals surface area contributed by atoms with Gasteiger partial charge in [0.1, 0.15) is 12.0 Å². The Kier molecular flexibility index (Phi) is 5.24. The summed E-state index contributed by atoms with van der Waals surface area (Å²) < 4.78 is 129. The van der Waals surface area contributed by atoms with Crippen molar-refractivity contribution < 1.29 is 49.0 Å². The van der Waals surface area contributed by atoms with E-state index in [9.17, 15) is 39.5 Å². The first-order valence-corrected chi connectivity index (χ1v) is 6.77. The van der Waals surface area contributed by atoms with Crippen LogP contribution in [0, 0.1) is 23.5 Å². The maximum atomic E-state index is 14.1. The van der Waals surface area contributed by atoms with Crippen LogP contribution in [0.15, 0.2) is 0 Å². The average Bonchev–Trinajstić information content (AvgIpc) is 2.63. The van der Waals surface area contributed by atoms with Crippen molar-refractivity contribution in [1.82, 2.24) is 4.98 Å². The minimum Gasteiger partial charge on any atom is -0.375 e. The summed E-state index contributed by atoms with van der Waals surface area (Å²) in [4.78, 5) is 2.12. The van der Waals surface area contributed by atoms with Gasteiger partial charge in [-0.25, -0.2) is 13.8 Å². The molecule has 1 aliphatic heterocycles. The molecule has 2 heterocycles. The van der Waals surface area contributed by atoms with E-state index in [0.717, 1.165) is 6.92 Å². The van der Waals surface area contributed by atoms with Crippen LogP contribution >= 0.6 is 0 Å². The van der Waals surface area contributed by atoms with E-state index in [1.807, 2.05) is 0 Å². The van der Waals surface area contributed by atoms with Crippen LogP contribution in [0.4, 0.5) is 39.5 Å². The van der Waals surface area contributed by atoms with Crippen LogP contribution in [0.3, 0.4) is 0 Å². The number of ether oxygens (including phenoxy) is 2. The molecule has 3 nitrogen and oxygen atoms in total. The number of nitrogens with zero attached hydrogens (tertiary/aromatic N) is 1. The lowest BCUT2D eigenvalue weighted by atomic mass is 9.90. The molecule has 2 rings (SSSR count). The summed E-state index contributed by atoms with van der Waals surface area (Å²) in [6.45, 7) is -0.0726. The van der Waals surface area contributed by atoms with Crippen LogP contribution in [0.2, 0.25) is 0 Å². The van der Waals surface area contributed by atoms with Gasteiger partial charge in [0.2, 0.25) is 5.95 Å². The van der Waals surface area contributed by atoms with E-state index in [-0.39, 0.29) is 0 Å². The van der Waals surface area contributed by atoms with Gasteiger partial charge in [-0.2, -0.15) is 30.7 Å². The highest BCUT2D eigenvalue weighted by molar-refractivity contribution is 5.27. The highest BCUT2D eigenvalue weighted by Gasteiger charge is 2.53. The van der Waals surface area contributed by atoms with Gasteiger partial charge in [-0.15, -0.1) is 0 Å². The van der Waals surface area contributed by atoms with Gasteiger partial charge < -0.3 is 9.47 Å². The van der Waals surface area contributed by atoms with Gasteiger partial charge in [0.25, 0.3) is 0 Å².